The van der Waals surface area contributed by atoms with E-state index in [1.165, 1.54) is 6.26 Å². The highest BCUT2D eigenvalue weighted by atomic mass is 32.2. The minimum Gasteiger partial charge on any atom is -0.339 e. The van der Waals surface area contributed by atoms with Crippen LogP contribution < -0.4 is 10.0 Å². The lowest BCUT2D eigenvalue weighted by molar-refractivity contribution is -0.140. The first-order chi connectivity index (χ1) is 9.97. The van der Waals surface area contributed by atoms with Crippen LogP contribution >= 0.6 is 0 Å². The molecule has 7 heteroatoms. The molecule has 0 radical (unpaired) electrons. The highest BCUT2D eigenvalue weighted by Gasteiger charge is 2.31. The standard InChI is InChI=1S/C14H27N3O3S/c1-21(19,20)16-9-7-13-6-2-3-10-17(13)14(18)12-5-4-8-15-11-12/h12-13,15-16H,2-11H2,1H3/t12-,13?/m0/s1. The lowest BCUT2D eigenvalue weighted by atomic mass is 9.93. The Bertz CT molecular complexity index is 446. The number of hydrogen-bond donors (Lipinski definition) is 2. The molecule has 0 bridgehead atoms. The van der Waals surface area contributed by atoms with Crippen LogP contribution in [0.5, 0.6) is 0 Å². The van der Waals surface area contributed by atoms with Crippen molar-refractivity contribution in [2.45, 2.75) is 44.6 Å². The van der Waals surface area contributed by atoms with Gasteiger partial charge in [0.2, 0.25) is 15.9 Å². The molecule has 6 nitrogen and oxygen atoms in total. The minimum absolute atomic E-state index is 0.0993. The van der Waals surface area contributed by atoms with Crippen molar-refractivity contribution in [3.63, 3.8) is 0 Å². The number of nitrogens with one attached hydrogen (secondary N) is 2. The topological polar surface area (TPSA) is 78.5 Å². The Labute approximate surface area is 127 Å². The van der Waals surface area contributed by atoms with Gasteiger partial charge in [-0.15, -0.1) is 0 Å². The summed E-state index contributed by atoms with van der Waals surface area (Å²) in [7, 11) is -3.15. The van der Waals surface area contributed by atoms with Gasteiger partial charge in [-0.05, 0) is 45.1 Å². The lowest BCUT2D eigenvalue weighted by Crippen LogP contribution is -2.50. The van der Waals surface area contributed by atoms with Gasteiger partial charge in [0.25, 0.3) is 0 Å². The Balaban J connectivity index is 1.89. The molecule has 2 fully saturated rings. The normalized spacial score (nSPS) is 27.6. The average molecular weight is 317 g/mol. The predicted molar refractivity (Wildman–Crippen MR) is 82.4 cm³/mol. The maximum atomic E-state index is 12.7. The number of carbonyl (C=O) groups is 1. The molecule has 0 aromatic rings. The quantitative estimate of drug-likeness (QED) is 0.765. The first kappa shape index (κ1) is 16.7. The molecular weight excluding hydrogens is 290 g/mol. The molecule has 2 aliphatic rings. The molecule has 2 N–H and O–H groups in total. The highest BCUT2D eigenvalue weighted by Crippen LogP contribution is 2.23. The Morgan fingerprint density at radius 2 is 2.10 bits per heavy atom. The van der Waals surface area contributed by atoms with Gasteiger partial charge in [-0.3, -0.25) is 4.79 Å². The summed E-state index contributed by atoms with van der Waals surface area (Å²) in [5.41, 5.74) is 0. The maximum absolute atomic E-state index is 12.7. The monoisotopic (exact) mass is 317 g/mol. The van der Waals surface area contributed by atoms with Crippen LogP contribution in [0.15, 0.2) is 0 Å². The van der Waals surface area contributed by atoms with Crippen molar-refractivity contribution in [2.24, 2.45) is 5.92 Å². The fraction of sp³-hybridized carbons (Fsp3) is 0.929. The van der Waals surface area contributed by atoms with Crippen molar-refractivity contribution < 1.29 is 13.2 Å². The van der Waals surface area contributed by atoms with Crippen LogP contribution in [0.4, 0.5) is 0 Å². The smallest absolute Gasteiger partial charge is 0.227 e. The maximum Gasteiger partial charge on any atom is 0.227 e. The number of hydrogen-bond acceptors (Lipinski definition) is 4. The van der Waals surface area contributed by atoms with Crippen molar-refractivity contribution in [3.05, 3.63) is 0 Å². The summed E-state index contributed by atoms with van der Waals surface area (Å²) in [5.74, 6) is 0.355. The van der Waals surface area contributed by atoms with Crippen LogP contribution in [-0.2, 0) is 14.8 Å². The van der Waals surface area contributed by atoms with Crippen molar-refractivity contribution in [1.82, 2.24) is 14.9 Å². The third-order valence-electron chi connectivity index (χ3n) is 4.40. The average Bonchev–Trinajstić information content (AvgIpc) is 2.47. The first-order valence-electron chi connectivity index (χ1n) is 7.93. The second-order valence-corrected chi connectivity index (χ2v) is 8.01. The number of rotatable bonds is 5. The Morgan fingerprint density at radius 3 is 2.76 bits per heavy atom. The Kier molecular flexibility index (Phi) is 6.01. The van der Waals surface area contributed by atoms with E-state index >= 15 is 0 Å². The van der Waals surface area contributed by atoms with E-state index < -0.39 is 10.0 Å². The summed E-state index contributed by atoms with van der Waals surface area (Å²) in [5, 5.41) is 3.29. The molecule has 2 saturated heterocycles. The van der Waals surface area contributed by atoms with E-state index in [-0.39, 0.29) is 17.9 Å². The number of sulfonamides is 1. The summed E-state index contributed by atoms with van der Waals surface area (Å²) >= 11 is 0. The van der Waals surface area contributed by atoms with E-state index in [0.717, 1.165) is 51.7 Å². The summed E-state index contributed by atoms with van der Waals surface area (Å²) in [6, 6.07) is 0.183. The molecule has 0 aliphatic carbocycles. The number of piperidine rings is 2. The first-order valence-corrected chi connectivity index (χ1v) is 9.82. The zero-order valence-electron chi connectivity index (χ0n) is 12.8. The second kappa shape index (κ2) is 7.56. The summed E-state index contributed by atoms with van der Waals surface area (Å²) < 4.78 is 24.8. The van der Waals surface area contributed by atoms with Gasteiger partial charge in [0.15, 0.2) is 0 Å². The minimum atomic E-state index is -3.15. The third-order valence-corrected chi connectivity index (χ3v) is 5.13. The van der Waals surface area contributed by atoms with Crippen LogP contribution in [-0.4, -0.2) is 57.7 Å². The molecule has 2 aliphatic heterocycles. The van der Waals surface area contributed by atoms with E-state index in [2.05, 4.69) is 10.0 Å². The largest absolute Gasteiger partial charge is 0.339 e. The third kappa shape index (κ3) is 5.23. The van der Waals surface area contributed by atoms with Gasteiger partial charge in [-0.2, -0.15) is 0 Å². The summed E-state index contributed by atoms with van der Waals surface area (Å²) in [4.78, 5) is 14.7. The van der Waals surface area contributed by atoms with E-state index in [1.54, 1.807) is 0 Å². The van der Waals surface area contributed by atoms with Crippen LogP contribution in [0.2, 0.25) is 0 Å². The van der Waals surface area contributed by atoms with Crippen molar-refractivity contribution in [2.75, 3.05) is 32.4 Å². The molecule has 2 heterocycles. The molecule has 1 unspecified atom stereocenters. The van der Waals surface area contributed by atoms with Gasteiger partial charge in [-0.25, -0.2) is 13.1 Å². The van der Waals surface area contributed by atoms with Crippen LogP contribution in [0.1, 0.15) is 38.5 Å². The van der Waals surface area contributed by atoms with Gasteiger partial charge in [-0.1, -0.05) is 0 Å². The molecule has 0 aromatic carbocycles. The molecule has 2 atom stereocenters. The summed E-state index contributed by atoms with van der Waals surface area (Å²) in [6.45, 7) is 3.02. The molecule has 0 spiro atoms. The highest BCUT2D eigenvalue weighted by molar-refractivity contribution is 7.88. The predicted octanol–water partition coefficient (Wildman–Crippen LogP) is 0.306. The van der Waals surface area contributed by atoms with Gasteiger partial charge in [0, 0.05) is 25.7 Å². The molecule has 21 heavy (non-hydrogen) atoms. The molecule has 0 saturated carbocycles. The number of amides is 1. The van der Waals surface area contributed by atoms with Crippen LogP contribution in [0, 0.1) is 5.92 Å². The van der Waals surface area contributed by atoms with Gasteiger partial charge in [0.05, 0.1) is 12.2 Å². The van der Waals surface area contributed by atoms with E-state index in [4.69, 9.17) is 0 Å². The van der Waals surface area contributed by atoms with Crippen molar-refractivity contribution in [3.8, 4) is 0 Å². The fourth-order valence-corrected chi connectivity index (χ4v) is 3.79. The molecule has 122 valence electrons. The van der Waals surface area contributed by atoms with Gasteiger partial charge < -0.3 is 10.2 Å². The Morgan fingerprint density at radius 1 is 1.29 bits per heavy atom. The molecule has 0 aromatic heterocycles. The number of likely N-dealkylation sites (tertiary alicyclic amines) is 1. The van der Waals surface area contributed by atoms with Gasteiger partial charge >= 0.3 is 0 Å². The van der Waals surface area contributed by atoms with Gasteiger partial charge in [0.1, 0.15) is 0 Å². The van der Waals surface area contributed by atoms with E-state index in [9.17, 15) is 13.2 Å². The molecule has 1 amide bonds. The zero-order chi connectivity index (χ0) is 15.3. The van der Waals surface area contributed by atoms with E-state index in [1.807, 2.05) is 4.90 Å². The lowest BCUT2D eigenvalue weighted by Gasteiger charge is -2.39. The molecule has 2 rings (SSSR count). The van der Waals surface area contributed by atoms with Crippen LogP contribution in [0.3, 0.4) is 0 Å². The summed E-state index contributed by atoms with van der Waals surface area (Å²) in [6.07, 6.45) is 7.07. The molecular formula is C14H27N3O3S. The fourth-order valence-electron chi connectivity index (χ4n) is 3.30. The Hall–Kier alpha value is -0.660. The zero-order valence-corrected chi connectivity index (χ0v) is 13.6. The second-order valence-electron chi connectivity index (χ2n) is 6.18. The van der Waals surface area contributed by atoms with Crippen molar-refractivity contribution in [1.29, 1.82) is 0 Å². The number of carbonyl (C=O) groups excluding carboxylic acids is 1. The number of nitrogens with zero attached hydrogens (tertiary/aromatic N) is 1. The van der Waals surface area contributed by atoms with E-state index in [0.29, 0.717) is 13.0 Å². The SMILES string of the molecule is CS(=O)(=O)NCCC1CCCCN1C(=O)[C@H]1CCCNC1. The van der Waals surface area contributed by atoms with Crippen molar-refractivity contribution >= 4 is 15.9 Å². The van der Waals surface area contributed by atoms with Crippen LogP contribution in [0.25, 0.3) is 0 Å².